The second-order valence-electron chi connectivity index (χ2n) is 4.87. The lowest BCUT2D eigenvalue weighted by molar-refractivity contribution is 0.122. The molecule has 6 heteroatoms. The number of nitrogens with one attached hydrogen (secondary N) is 2. The van der Waals surface area contributed by atoms with Gasteiger partial charge >= 0.3 is 0 Å². The zero-order chi connectivity index (χ0) is 15.1. The first-order valence-corrected chi connectivity index (χ1v) is 7.61. The lowest BCUT2D eigenvalue weighted by Gasteiger charge is -2.30. The van der Waals surface area contributed by atoms with E-state index in [1.54, 1.807) is 6.21 Å². The van der Waals surface area contributed by atoms with Gasteiger partial charge in [-0.05, 0) is 49.3 Å². The van der Waals surface area contributed by atoms with Crippen LogP contribution in [-0.2, 0) is 4.74 Å². The molecule has 0 saturated carbocycles. The van der Waals surface area contributed by atoms with Crippen molar-refractivity contribution in [2.75, 3.05) is 37.7 Å². The molecule has 0 spiro atoms. The lowest BCUT2D eigenvalue weighted by Crippen LogP contribution is -2.36. The first-order chi connectivity index (χ1) is 10.2. The smallest absolute Gasteiger partial charge is 0.186 e. The molecule has 1 aromatic rings. The highest BCUT2D eigenvalue weighted by atomic mass is 32.1. The van der Waals surface area contributed by atoms with E-state index in [0.29, 0.717) is 5.11 Å². The Morgan fingerprint density at radius 2 is 2.19 bits per heavy atom. The first kappa shape index (κ1) is 15.7. The highest BCUT2D eigenvalue weighted by Gasteiger charge is 2.12. The minimum absolute atomic E-state index is 0.537. The number of aryl methyl sites for hydroxylation is 1. The molecule has 21 heavy (non-hydrogen) atoms. The molecule has 0 atom stereocenters. The van der Waals surface area contributed by atoms with Crippen molar-refractivity contribution in [3.05, 3.63) is 29.3 Å². The Hall–Kier alpha value is -1.66. The van der Waals surface area contributed by atoms with Gasteiger partial charge in [-0.3, -0.25) is 5.43 Å². The molecule has 5 nitrogen and oxygen atoms in total. The monoisotopic (exact) mass is 306 g/mol. The van der Waals surface area contributed by atoms with Crippen LogP contribution in [0.3, 0.4) is 0 Å². The standard InChI is InChI=1S/C15H22N4OS/c1-3-16-15(21)18-17-11-13-4-5-14(12(2)10-13)19-6-8-20-9-7-19/h4-5,10-11H,3,6-9H2,1-2H3,(H2,16,18,21)/b17-11-. The Labute approximate surface area is 131 Å². The summed E-state index contributed by atoms with van der Waals surface area (Å²) in [7, 11) is 0. The van der Waals surface area contributed by atoms with Crippen LogP contribution < -0.4 is 15.6 Å². The minimum atomic E-state index is 0.537. The molecule has 0 aromatic heterocycles. The zero-order valence-electron chi connectivity index (χ0n) is 12.6. The molecule has 0 amide bonds. The molecule has 0 radical (unpaired) electrons. The van der Waals surface area contributed by atoms with E-state index in [0.717, 1.165) is 38.4 Å². The van der Waals surface area contributed by atoms with Crippen molar-refractivity contribution in [2.24, 2.45) is 5.10 Å². The Morgan fingerprint density at radius 1 is 1.43 bits per heavy atom. The molecular formula is C15H22N4OS. The van der Waals surface area contributed by atoms with Crippen molar-refractivity contribution >= 4 is 29.2 Å². The number of anilines is 1. The van der Waals surface area contributed by atoms with Crippen LogP contribution in [0.1, 0.15) is 18.1 Å². The maximum atomic E-state index is 5.39. The molecule has 1 fully saturated rings. The van der Waals surface area contributed by atoms with Crippen molar-refractivity contribution in [2.45, 2.75) is 13.8 Å². The van der Waals surface area contributed by atoms with Gasteiger partial charge in [-0.2, -0.15) is 5.10 Å². The summed E-state index contributed by atoms with van der Waals surface area (Å²) in [6.45, 7) is 8.40. The maximum absolute atomic E-state index is 5.39. The Balaban J connectivity index is 1.98. The molecular weight excluding hydrogens is 284 g/mol. The molecule has 1 aromatic carbocycles. The zero-order valence-corrected chi connectivity index (χ0v) is 13.4. The maximum Gasteiger partial charge on any atom is 0.186 e. The van der Waals surface area contributed by atoms with E-state index in [1.165, 1.54) is 11.3 Å². The third-order valence-corrected chi connectivity index (χ3v) is 3.53. The van der Waals surface area contributed by atoms with Crippen LogP contribution in [0, 0.1) is 6.92 Å². The number of rotatable bonds is 4. The molecule has 1 aliphatic heterocycles. The van der Waals surface area contributed by atoms with Gasteiger partial charge < -0.3 is 15.0 Å². The molecule has 2 N–H and O–H groups in total. The summed E-state index contributed by atoms with van der Waals surface area (Å²) in [5.41, 5.74) is 6.36. The average Bonchev–Trinajstić information content (AvgIpc) is 2.48. The van der Waals surface area contributed by atoms with Gasteiger partial charge in [0.1, 0.15) is 0 Å². The summed E-state index contributed by atoms with van der Waals surface area (Å²) in [4.78, 5) is 2.36. The summed E-state index contributed by atoms with van der Waals surface area (Å²) >= 11 is 5.05. The highest BCUT2D eigenvalue weighted by Crippen LogP contribution is 2.21. The van der Waals surface area contributed by atoms with Crippen LogP contribution in [0.25, 0.3) is 0 Å². The number of nitrogens with zero attached hydrogens (tertiary/aromatic N) is 2. The predicted molar refractivity (Wildman–Crippen MR) is 91.2 cm³/mol. The second kappa shape index (κ2) is 7.95. The summed E-state index contributed by atoms with van der Waals surface area (Å²) in [5.74, 6) is 0. The lowest BCUT2D eigenvalue weighted by atomic mass is 10.1. The molecule has 0 unspecified atom stereocenters. The van der Waals surface area contributed by atoms with Gasteiger partial charge in [0.2, 0.25) is 0 Å². The van der Waals surface area contributed by atoms with Gasteiger partial charge in [-0.15, -0.1) is 0 Å². The van der Waals surface area contributed by atoms with Gasteiger partial charge in [-0.25, -0.2) is 0 Å². The van der Waals surface area contributed by atoms with E-state index in [1.807, 2.05) is 6.92 Å². The van der Waals surface area contributed by atoms with Gasteiger partial charge in [0.25, 0.3) is 0 Å². The largest absolute Gasteiger partial charge is 0.378 e. The van der Waals surface area contributed by atoms with Crippen molar-refractivity contribution < 1.29 is 4.74 Å². The molecule has 0 aliphatic carbocycles. The molecule has 0 bridgehead atoms. The van der Waals surface area contributed by atoms with E-state index in [4.69, 9.17) is 17.0 Å². The van der Waals surface area contributed by atoms with Gasteiger partial charge in [-0.1, -0.05) is 6.07 Å². The van der Waals surface area contributed by atoms with Crippen LogP contribution in [-0.4, -0.2) is 44.2 Å². The van der Waals surface area contributed by atoms with E-state index in [9.17, 15) is 0 Å². The van der Waals surface area contributed by atoms with Crippen LogP contribution in [0.15, 0.2) is 23.3 Å². The van der Waals surface area contributed by atoms with Crippen LogP contribution in [0.4, 0.5) is 5.69 Å². The van der Waals surface area contributed by atoms with Crippen molar-refractivity contribution in [1.82, 2.24) is 10.7 Å². The van der Waals surface area contributed by atoms with Gasteiger partial charge in [0.15, 0.2) is 5.11 Å². The van der Waals surface area contributed by atoms with Crippen molar-refractivity contribution in [3.63, 3.8) is 0 Å². The number of hydrazone groups is 1. The van der Waals surface area contributed by atoms with Crippen LogP contribution in [0.5, 0.6) is 0 Å². The minimum Gasteiger partial charge on any atom is -0.378 e. The number of hydrogen-bond acceptors (Lipinski definition) is 4. The number of benzene rings is 1. The fourth-order valence-electron chi connectivity index (χ4n) is 2.28. The molecule has 2 rings (SSSR count). The third kappa shape index (κ3) is 4.68. The van der Waals surface area contributed by atoms with Gasteiger partial charge in [0.05, 0.1) is 19.4 Å². The second-order valence-corrected chi connectivity index (χ2v) is 5.28. The summed E-state index contributed by atoms with van der Waals surface area (Å²) in [6.07, 6.45) is 1.78. The number of morpholine rings is 1. The Morgan fingerprint density at radius 3 is 2.86 bits per heavy atom. The topological polar surface area (TPSA) is 48.9 Å². The number of ether oxygens (including phenoxy) is 1. The molecule has 114 valence electrons. The molecule has 1 aliphatic rings. The summed E-state index contributed by atoms with van der Waals surface area (Å²) in [6, 6.07) is 6.34. The van der Waals surface area contributed by atoms with Crippen LogP contribution >= 0.6 is 12.2 Å². The number of hydrogen-bond donors (Lipinski definition) is 2. The predicted octanol–water partition coefficient (Wildman–Crippen LogP) is 1.65. The fraction of sp³-hybridized carbons (Fsp3) is 0.467. The van der Waals surface area contributed by atoms with Gasteiger partial charge in [0, 0.05) is 25.3 Å². The van der Waals surface area contributed by atoms with E-state index in [2.05, 4.69) is 45.9 Å². The summed E-state index contributed by atoms with van der Waals surface area (Å²) in [5, 5.41) is 7.65. The first-order valence-electron chi connectivity index (χ1n) is 7.21. The Bertz CT molecular complexity index is 512. The quantitative estimate of drug-likeness (QED) is 0.503. The van der Waals surface area contributed by atoms with Crippen LogP contribution in [0.2, 0.25) is 0 Å². The normalized spacial score (nSPS) is 15.2. The van der Waals surface area contributed by atoms with E-state index >= 15 is 0 Å². The average molecular weight is 306 g/mol. The van der Waals surface area contributed by atoms with Crippen molar-refractivity contribution in [3.8, 4) is 0 Å². The number of thiocarbonyl (C=S) groups is 1. The van der Waals surface area contributed by atoms with E-state index < -0.39 is 0 Å². The van der Waals surface area contributed by atoms with Crippen molar-refractivity contribution in [1.29, 1.82) is 0 Å². The highest BCUT2D eigenvalue weighted by molar-refractivity contribution is 7.80. The third-order valence-electron chi connectivity index (χ3n) is 3.29. The fourth-order valence-corrected chi connectivity index (χ4v) is 2.48. The molecule has 1 saturated heterocycles. The molecule has 1 heterocycles. The Kier molecular flexibility index (Phi) is 5.95. The SMILES string of the molecule is CCNC(=S)N/N=C\c1ccc(N2CCOCC2)c(C)c1. The van der Waals surface area contributed by atoms with E-state index in [-0.39, 0.29) is 0 Å². The summed E-state index contributed by atoms with van der Waals surface area (Å²) < 4.78 is 5.39.